The number of aliphatic hydroxyl groups is 1. The van der Waals surface area contributed by atoms with E-state index in [4.69, 9.17) is 18.1 Å². The van der Waals surface area contributed by atoms with Gasteiger partial charge < -0.3 is 16.2 Å². The summed E-state index contributed by atoms with van der Waals surface area (Å²) in [6, 6.07) is 2.93. The number of hydrogen-bond acceptors (Lipinski definition) is 3. The minimum absolute atomic E-state index is 0. The van der Waals surface area contributed by atoms with E-state index < -0.39 is 38.7 Å². The highest BCUT2D eigenvalue weighted by Crippen LogP contribution is 2.31. The number of nitrogens with two attached hydrogens (primary N) is 1. The zero-order valence-corrected chi connectivity index (χ0v) is 13.1. The van der Waals surface area contributed by atoms with Crippen LogP contribution in [0.2, 0.25) is 0 Å². The van der Waals surface area contributed by atoms with Crippen molar-refractivity contribution in [2.45, 2.75) is 32.2 Å². The Labute approximate surface area is 144 Å². The van der Waals surface area contributed by atoms with Crippen molar-refractivity contribution < 1.29 is 17.4 Å². The Kier molecular flexibility index (Phi) is 3.09. The summed E-state index contributed by atoms with van der Waals surface area (Å²) in [5.41, 5.74) is 3.20. The van der Waals surface area contributed by atoms with Gasteiger partial charge in [0, 0.05) is 33.4 Å². The van der Waals surface area contributed by atoms with Gasteiger partial charge in [-0.05, 0) is 70.1 Å². The summed E-state index contributed by atoms with van der Waals surface area (Å²) in [6.07, 6.45) is -1.38. The Morgan fingerprint density at radius 2 is 1.89 bits per heavy atom. The van der Waals surface area contributed by atoms with Crippen LogP contribution >= 0.6 is 44.3 Å². The first-order valence-electron chi connectivity index (χ1n) is 9.13. The van der Waals surface area contributed by atoms with Crippen molar-refractivity contribution in [3.63, 3.8) is 0 Å². The van der Waals surface area contributed by atoms with Crippen LogP contribution in [-0.2, 0) is 0 Å². The highest BCUT2D eigenvalue weighted by molar-refractivity contribution is 9.11. The molecule has 0 bridgehead atoms. The van der Waals surface area contributed by atoms with Crippen LogP contribution in [0.15, 0.2) is 21.1 Å². The Hall–Kier alpha value is 0.190. The second-order valence-electron chi connectivity index (χ2n) is 3.54. The molecule has 4 N–H and O–H groups in total. The van der Waals surface area contributed by atoms with E-state index in [9.17, 15) is 5.11 Å². The summed E-state index contributed by atoms with van der Waals surface area (Å²) in [5, 5.41) is 12.4. The van der Waals surface area contributed by atoms with Gasteiger partial charge in [-0.25, -0.2) is 0 Å². The second-order valence-corrected chi connectivity index (χ2v) is 5.25. The second kappa shape index (κ2) is 7.10. The first kappa shape index (κ1) is 7.84. The van der Waals surface area contributed by atoms with Crippen molar-refractivity contribution in [2.75, 3.05) is 12.3 Å². The van der Waals surface area contributed by atoms with Crippen LogP contribution in [-0.4, -0.2) is 17.2 Å². The molecule has 1 atom stereocenters. The molecule has 18 heavy (non-hydrogen) atoms. The van der Waals surface area contributed by atoms with E-state index in [2.05, 4.69) is 37.2 Å². The fraction of sp³-hybridized carbons (Fsp3) is 0.500. The lowest BCUT2D eigenvalue weighted by Crippen LogP contribution is -2.38. The van der Waals surface area contributed by atoms with E-state index in [0.29, 0.717) is 14.6 Å². The molecule has 0 amide bonds. The fourth-order valence-corrected chi connectivity index (χ4v) is 2.39. The summed E-state index contributed by atoms with van der Waals surface area (Å²) in [5.74, 6) is 0. The molecule has 0 aliphatic carbocycles. The summed E-state index contributed by atoms with van der Waals surface area (Å²) in [7, 11) is 0. The maximum absolute atomic E-state index is 10.3. The highest BCUT2D eigenvalue weighted by Gasteiger charge is 2.15. The van der Waals surface area contributed by atoms with E-state index >= 15 is 0 Å². The van der Waals surface area contributed by atoms with Crippen molar-refractivity contribution in [1.82, 2.24) is 5.32 Å². The SMILES string of the molecule is Cl.[2H]C([2H])([2H])C(NCC(O)c1cc(Br)c(N)c(Br)c1)(C([2H])([2H])[2H])C([2H])([2H])[2H]. The van der Waals surface area contributed by atoms with E-state index in [0.717, 1.165) is 0 Å². The number of rotatable bonds is 3. The van der Waals surface area contributed by atoms with Gasteiger partial charge >= 0.3 is 0 Å². The predicted molar refractivity (Wildman–Crippen MR) is 86.2 cm³/mol. The zero-order chi connectivity index (χ0) is 20.7. The standard InChI is InChI=1S/C12H18Br2N2O.ClH/c1-12(2,3)16-6-10(17)7-4-8(13)11(15)9(14)5-7;/h4-5,10,16-17H,6,15H2,1-3H3;1H/i1D3,2D3,3D3;. The first-order valence-corrected chi connectivity index (χ1v) is 6.22. The average Bonchev–Trinajstić information content (AvgIpc) is 2.39. The van der Waals surface area contributed by atoms with E-state index in [-0.39, 0.29) is 18.0 Å². The zero-order valence-electron chi connectivity index (χ0n) is 18.1. The quantitative estimate of drug-likeness (QED) is 0.666. The van der Waals surface area contributed by atoms with Gasteiger partial charge in [-0.1, -0.05) is 0 Å². The third-order valence-corrected chi connectivity index (χ3v) is 3.36. The molecule has 0 heterocycles. The van der Waals surface area contributed by atoms with Crippen molar-refractivity contribution >= 4 is 50.0 Å². The molecule has 1 rings (SSSR count). The maximum atomic E-state index is 10.3. The van der Waals surface area contributed by atoms with E-state index in [1.54, 1.807) is 0 Å². The lowest BCUT2D eigenvalue weighted by atomic mass is 10.1. The third kappa shape index (κ3) is 5.45. The molecule has 1 unspecified atom stereocenters. The lowest BCUT2D eigenvalue weighted by molar-refractivity contribution is 0.163. The van der Waals surface area contributed by atoms with Crippen molar-refractivity contribution in [3.8, 4) is 0 Å². The number of nitrogen functional groups attached to an aromatic ring is 1. The minimum Gasteiger partial charge on any atom is -0.397 e. The number of nitrogens with one attached hydrogen (secondary N) is 1. The Morgan fingerprint density at radius 1 is 1.39 bits per heavy atom. The average molecular weight is 412 g/mol. The summed E-state index contributed by atoms with van der Waals surface area (Å²) in [6.45, 7) is -10.8. The van der Waals surface area contributed by atoms with Gasteiger partial charge in [0.05, 0.1) is 11.8 Å². The fourth-order valence-electron chi connectivity index (χ4n) is 1.16. The minimum atomic E-state index is -3.38. The monoisotopic (exact) mass is 409 g/mol. The molecule has 1 aromatic rings. The largest absolute Gasteiger partial charge is 0.397 e. The van der Waals surface area contributed by atoms with Crippen LogP contribution in [0.4, 0.5) is 5.69 Å². The number of β-amino-alcohol motifs (C(OH)–C–C–N with tert-alkyl or cyclic N) is 1. The molecule has 104 valence electrons. The first-order chi connectivity index (χ1) is 11.5. The van der Waals surface area contributed by atoms with E-state index in [1.165, 1.54) is 12.1 Å². The molecule has 1 aromatic carbocycles. The Balaban J connectivity index is 0.00000676. The van der Waals surface area contributed by atoms with Gasteiger partial charge in [0.25, 0.3) is 0 Å². The van der Waals surface area contributed by atoms with Gasteiger partial charge in [-0.15, -0.1) is 12.4 Å². The molecule has 0 radical (unpaired) electrons. The summed E-state index contributed by atoms with van der Waals surface area (Å²) >= 11 is 6.39. The van der Waals surface area contributed by atoms with Crippen LogP contribution < -0.4 is 11.1 Å². The number of benzene rings is 1. The number of anilines is 1. The Morgan fingerprint density at radius 3 is 2.33 bits per heavy atom. The third-order valence-electron chi connectivity index (χ3n) is 2.05. The molecule has 0 aromatic heterocycles. The highest BCUT2D eigenvalue weighted by atomic mass is 79.9. The van der Waals surface area contributed by atoms with Gasteiger partial charge in [0.15, 0.2) is 0 Å². The smallest absolute Gasteiger partial charge is 0.0915 e. The molecule has 0 saturated heterocycles. The van der Waals surface area contributed by atoms with Gasteiger partial charge in [0.1, 0.15) is 0 Å². The lowest BCUT2D eigenvalue weighted by Gasteiger charge is -2.23. The van der Waals surface area contributed by atoms with Crippen molar-refractivity contribution in [3.05, 3.63) is 26.6 Å². The maximum Gasteiger partial charge on any atom is 0.0915 e. The molecule has 0 aliphatic heterocycles. The Bertz CT molecular complexity index is 605. The van der Waals surface area contributed by atoms with Crippen molar-refractivity contribution in [1.29, 1.82) is 0 Å². The molecule has 0 fully saturated rings. The van der Waals surface area contributed by atoms with Crippen LogP contribution in [0, 0.1) is 0 Å². The topological polar surface area (TPSA) is 58.3 Å². The normalized spacial score (nSPS) is 22.5. The molecule has 6 heteroatoms. The molecular formula is C12H19Br2ClN2O. The number of aliphatic hydroxyl groups excluding tert-OH is 1. The van der Waals surface area contributed by atoms with Crippen LogP contribution in [0.3, 0.4) is 0 Å². The van der Waals surface area contributed by atoms with Crippen molar-refractivity contribution in [2.24, 2.45) is 0 Å². The number of hydrogen-bond donors (Lipinski definition) is 3. The number of halogens is 3. The van der Waals surface area contributed by atoms with Gasteiger partial charge in [0.2, 0.25) is 0 Å². The predicted octanol–water partition coefficient (Wildman–Crippen LogP) is 3.64. The van der Waals surface area contributed by atoms with Crippen LogP contribution in [0.5, 0.6) is 0 Å². The molecule has 0 spiro atoms. The summed E-state index contributed by atoms with van der Waals surface area (Å²) in [4.78, 5) is 0. The van der Waals surface area contributed by atoms with Crippen LogP contribution in [0.1, 0.15) is 44.6 Å². The molecule has 0 aliphatic rings. The summed E-state index contributed by atoms with van der Waals surface area (Å²) < 4.78 is 68.7. The molecule has 3 nitrogen and oxygen atoms in total. The molecule has 0 saturated carbocycles. The van der Waals surface area contributed by atoms with Crippen LogP contribution in [0.25, 0.3) is 0 Å². The molecular weight excluding hydrogens is 383 g/mol. The van der Waals surface area contributed by atoms with Gasteiger partial charge in [-0.2, -0.15) is 0 Å². The van der Waals surface area contributed by atoms with E-state index in [1.807, 2.05) is 0 Å². The van der Waals surface area contributed by atoms with Gasteiger partial charge in [-0.3, -0.25) is 0 Å².